The number of hydrogen-bond donors (Lipinski definition) is 2. The first-order valence-electron chi connectivity index (χ1n) is 8.09. The lowest BCUT2D eigenvalue weighted by molar-refractivity contribution is 0.296. The minimum Gasteiger partial charge on any atom is -0.504 e. The molecule has 0 spiro atoms. The number of rotatable bonds is 11. The van der Waals surface area contributed by atoms with Crippen LogP contribution >= 0.6 is 0 Å². The van der Waals surface area contributed by atoms with Crippen molar-refractivity contribution >= 4 is 0 Å². The number of aromatic hydroxyl groups is 1. The normalized spacial score (nSPS) is 11.0. The predicted octanol–water partition coefficient (Wildman–Crippen LogP) is 3.00. The van der Waals surface area contributed by atoms with E-state index in [0.717, 1.165) is 31.6 Å². The number of unbranched alkanes of at least 4 members (excludes halogenated alkanes) is 1. The molecule has 0 saturated carbocycles. The summed E-state index contributed by atoms with van der Waals surface area (Å²) < 4.78 is 5.39. The number of nitrogens with one attached hydrogen (secondary N) is 1. The zero-order valence-electron chi connectivity index (χ0n) is 13.7. The molecule has 2 N–H and O–H groups in total. The summed E-state index contributed by atoms with van der Waals surface area (Å²) in [5, 5.41) is 13.5. The van der Waals surface area contributed by atoms with Gasteiger partial charge in [0.15, 0.2) is 11.5 Å². The Hall–Kier alpha value is -1.26. The van der Waals surface area contributed by atoms with Crippen LogP contribution in [0.25, 0.3) is 0 Å². The largest absolute Gasteiger partial charge is 0.504 e. The molecule has 4 heteroatoms. The highest BCUT2D eigenvalue weighted by Crippen LogP contribution is 2.29. The minimum atomic E-state index is 0.259. The van der Waals surface area contributed by atoms with Crippen LogP contribution in [0.4, 0.5) is 0 Å². The molecule has 0 aromatic heterocycles. The second kappa shape index (κ2) is 10.5. The van der Waals surface area contributed by atoms with E-state index in [9.17, 15) is 5.11 Å². The topological polar surface area (TPSA) is 44.7 Å². The molecule has 0 radical (unpaired) electrons. The van der Waals surface area contributed by atoms with Gasteiger partial charge >= 0.3 is 0 Å². The summed E-state index contributed by atoms with van der Waals surface area (Å²) in [6.07, 6.45) is 2.36. The Labute approximate surface area is 129 Å². The van der Waals surface area contributed by atoms with Gasteiger partial charge in [0.2, 0.25) is 0 Å². The number of para-hydroxylation sites is 1. The van der Waals surface area contributed by atoms with Gasteiger partial charge in [-0.3, -0.25) is 0 Å². The number of phenolic OH excluding ortho intramolecular Hbond substituents is 1. The average Bonchev–Trinajstić information content (AvgIpc) is 2.50. The number of benzene rings is 1. The number of nitrogens with zero attached hydrogens (tertiary/aromatic N) is 1. The highest BCUT2D eigenvalue weighted by Gasteiger charge is 2.07. The standard InChI is InChI=1S/C17H30N2O2/c1-4-19(5-2)13-8-7-12-18-14-15-10-9-11-16(17(15)20)21-6-3/h9-11,18,20H,4-8,12-14H2,1-3H3. The van der Waals surface area contributed by atoms with Crippen molar-refractivity contribution in [2.45, 2.75) is 40.2 Å². The van der Waals surface area contributed by atoms with Crippen LogP contribution < -0.4 is 10.1 Å². The maximum atomic E-state index is 10.1. The average molecular weight is 294 g/mol. The number of phenols is 1. The van der Waals surface area contributed by atoms with Gasteiger partial charge in [-0.25, -0.2) is 0 Å². The molecule has 0 aliphatic carbocycles. The Balaban J connectivity index is 2.25. The van der Waals surface area contributed by atoms with Gasteiger partial charge in [-0.1, -0.05) is 26.0 Å². The Bertz CT molecular complexity index is 392. The van der Waals surface area contributed by atoms with Crippen LogP contribution in [-0.4, -0.2) is 42.8 Å². The summed E-state index contributed by atoms with van der Waals surface area (Å²) >= 11 is 0. The first kappa shape index (κ1) is 17.8. The molecule has 0 bridgehead atoms. The zero-order valence-corrected chi connectivity index (χ0v) is 13.7. The van der Waals surface area contributed by atoms with E-state index in [4.69, 9.17) is 4.74 Å². The maximum absolute atomic E-state index is 10.1. The fourth-order valence-electron chi connectivity index (χ4n) is 2.33. The fraction of sp³-hybridized carbons (Fsp3) is 0.647. The van der Waals surface area contributed by atoms with Gasteiger partial charge in [0.25, 0.3) is 0 Å². The van der Waals surface area contributed by atoms with E-state index in [1.54, 1.807) is 6.07 Å². The highest BCUT2D eigenvalue weighted by atomic mass is 16.5. The molecule has 21 heavy (non-hydrogen) atoms. The fourth-order valence-corrected chi connectivity index (χ4v) is 2.33. The van der Waals surface area contributed by atoms with Crippen LogP contribution in [0.15, 0.2) is 18.2 Å². The third-order valence-electron chi connectivity index (χ3n) is 3.67. The lowest BCUT2D eigenvalue weighted by Crippen LogP contribution is -2.25. The molecule has 120 valence electrons. The molecule has 1 aromatic carbocycles. The van der Waals surface area contributed by atoms with Gasteiger partial charge in [-0.05, 0) is 52.0 Å². The molecule has 4 nitrogen and oxygen atoms in total. The van der Waals surface area contributed by atoms with E-state index >= 15 is 0 Å². The molecule has 0 saturated heterocycles. The lowest BCUT2D eigenvalue weighted by atomic mass is 10.2. The van der Waals surface area contributed by atoms with Gasteiger partial charge < -0.3 is 20.1 Å². The number of hydrogen-bond acceptors (Lipinski definition) is 4. The molecule has 0 fully saturated rings. The Morgan fingerprint density at radius 2 is 1.90 bits per heavy atom. The van der Waals surface area contributed by atoms with Gasteiger partial charge in [-0.2, -0.15) is 0 Å². The van der Waals surface area contributed by atoms with E-state index in [0.29, 0.717) is 18.9 Å². The quantitative estimate of drug-likeness (QED) is 0.616. The lowest BCUT2D eigenvalue weighted by Gasteiger charge is -2.17. The van der Waals surface area contributed by atoms with Crippen molar-refractivity contribution in [2.75, 3.05) is 32.8 Å². The summed E-state index contributed by atoms with van der Waals surface area (Å²) in [4.78, 5) is 2.44. The zero-order chi connectivity index (χ0) is 15.5. The second-order valence-corrected chi connectivity index (χ2v) is 5.11. The van der Waals surface area contributed by atoms with Crippen molar-refractivity contribution in [1.29, 1.82) is 0 Å². The van der Waals surface area contributed by atoms with Crippen LogP contribution in [0.3, 0.4) is 0 Å². The predicted molar refractivity (Wildman–Crippen MR) is 88.0 cm³/mol. The maximum Gasteiger partial charge on any atom is 0.162 e. The molecule has 0 unspecified atom stereocenters. The van der Waals surface area contributed by atoms with Crippen LogP contribution in [0, 0.1) is 0 Å². The molecular formula is C17H30N2O2. The molecular weight excluding hydrogens is 264 g/mol. The SMILES string of the molecule is CCOc1cccc(CNCCCCN(CC)CC)c1O. The van der Waals surface area contributed by atoms with Crippen molar-refractivity contribution in [2.24, 2.45) is 0 Å². The van der Waals surface area contributed by atoms with E-state index < -0.39 is 0 Å². The van der Waals surface area contributed by atoms with Crippen molar-refractivity contribution in [3.63, 3.8) is 0 Å². The smallest absolute Gasteiger partial charge is 0.162 e. The first-order valence-corrected chi connectivity index (χ1v) is 8.09. The van der Waals surface area contributed by atoms with Gasteiger partial charge in [0.05, 0.1) is 6.61 Å². The third-order valence-corrected chi connectivity index (χ3v) is 3.67. The van der Waals surface area contributed by atoms with Crippen molar-refractivity contribution in [3.8, 4) is 11.5 Å². The monoisotopic (exact) mass is 294 g/mol. The summed E-state index contributed by atoms with van der Waals surface area (Å²) in [7, 11) is 0. The van der Waals surface area contributed by atoms with Crippen LogP contribution in [0.5, 0.6) is 11.5 Å². The Morgan fingerprint density at radius 3 is 2.57 bits per heavy atom. The summed E-state index contributed by atoms with van der Waals surface area (Å²) in [6.45, 7) is 12.0. The van der Waals surface area contributed by atoms with E-state index in [1.165, 1.54) is 13.0 Å². The molecule has 1 aromatic rings. The molecule has 0 amide bonds. The van der Waals surface area contributed by atoms with Crippen LogP contribution in [-0.2, 0) is 6.54 Å². The summed E-state index contributed by atoms with van der Waals surface area (Å²) in [6, 6.07) is 5.65. The first-order chi connectivity index (χ1) is 10.2. The third kappa shape index (κ3) is 6.36. The Morgan fingerprint density at radius 1 is 1.14 bits per heavy atom. The van der Waals surface area contributed by atoms with Crippen molar-refractivity contribution in [3.05, 3.63) is 23.8 Å². The van der Waals surface area contributed by atoms with Crippen LogP contribution in [0.1, 0.15) is 39.2 Å². The summed E-state index contributed by atoms with van der Waals surface area (Å²) in [5.74, 6) is 0.827. The molecule has 0 aliphatic heterocycles. The minimum absolute atomic E-state index is 0.259. The van der Waals surface area contributed by atoms with E-state index in [1.807, 2.05) is 19.1 Å². The van der Waals surface area contributed by atoms with Gasteiger partial charge in [0.1, 0.15) is 0 Å². The number of ether oxygens (including phenoxy) is 1. The van der Waals surface area contributed by atoms with Crippen molar-refractivity contribution < 1.29 is 9.84 Å². The highest BCUT2D eigenvalue weighted by molar-refractivity contribution is 5.45. The van der Waals surface area contributed by atoms with Gasteiger partial charge in [-0.15, -0.1) is 0 Å². The van der Waals surface area contributed by atoms with E-state index in [2.05, 4.69) is 24.1 Å². The Kier molecular flexibility index (Phi) is 8.87. The second-order valence-electron chi connectivity index (χ2n) is 5.11. The summed E-state index contributed by atoms with van der Waals surface area (Å²) in [5.41, 5.74) is 0.893. The van der Waals surface area contributed by atoms with E-state index in [-0.39, 0.29) is 5.75 Å². The van der Waals surface area contributed by atoms with Crippen molar-refractivity contribution in [1.82, 2.24) is 10.2 Å². The van der Waals surface area contributed by atoms with Gasteiger partial charge in [0, 0.05) is 12.1 Å². The van der Waals surface area contributed by atoms with Crippen LogP contribution in [0.2, 0.25) is 0 Å². The molecule has 0 atom stereocenters. The molecule has 0 aliphatic rings. The molecule has 0 heterocycles. The molecule has 1 rings (SSSR count).